The molecule has 0 aromatic carbocycles. The number of imidazole rings is 1. The van der Waals surface area contributed by atoms with Crippen molar-refractivity contribution < 1.29 is 0 Å². The van der Waals surface area contributed by atoms with E-state index in [1.165, 1.54) is 15.3 Å². The number of nitrogens with zero attached hydrogens (tertiary/aromatic N) is 2. The summed E-state index contributed by atoms with van der Waals surface area (Å²) in [5, 5.41) is 0. The minimum absolute atomic E-state index is 0.578. The Bertz CT molecular complexity index is 422. The number of hydrogen-bond donors (Lipinski definition) is 1. The smallest absolute Gasteiger partial charge is 0.200 e. The van der Waals surface area contributed by atoms with E-state index in [1.807, 2.05) is 22.1 Å². The number of nitrogens with two attached hydrogens (primary N) is 1. The predicted octanol–water partition coefficient (Wildman–Crippen LogP) is 2.19. The predicted molar refractivity (Wildman–Crippen MR) is 59.5 cm³/mol. The van der Waals surface area contributed by atoms with Gasteiger partial charge in [-0.05, 0) is 25.5 Å². The number of thiophene rings is 1. The monoisotopic (exact) mass is 207 g/mol. The molecule has 0 aliphatic rings. The van der Waals surface area contributed by atoms with Crippen LogP contribution in [-0.2, 0) is 6.54 Å². The molecule has 14 heavy (non-hydrogen) atoms. The van der Waals surface area contributed by atoms with Crippen LogP contribution in [0.2, 0.25) is 0 Å². The van der Waals surface area contributed by atoms with Gasteiger partial charge in [0.25, 0.3) is 0 Å². The van der Waals surface area contributed by atoms with E-state index < -0.39 is 0 Å². The van der Waals surface area contributed by atoms with Crippen LogP contribution in [0.5, 0.6) is 0 Å². The van der Waals surface area contributed by atoms with Gasteiger partial charge >= 0.3 is 0 Å². The maximum atomic E-state index is 5.69. The Morgan fingerprint density at radius 1 is 1.50 bits per heavy atom. The fourth-order valence-corrected chi connectivity index (χ4v) is 2.42. The van der Waals surface area contributed by atoms with Gasteiger partial charge in [0.2, 0.25) is 0 Å². The molecule has 3 nitrogen and oxygen atoms in total. The summed E-state index contributed by atoms with van der Waals surface area (Å²) in [4.78, 5) is 6.68. The molecule has 0 atom stereocenters. The minimum atomic E-state index is 0.578. The number of aryl methyl sites for hydroxylation is 2. The lowest BCUT2D eigenvalue weighted by molar-refractivity contribution is 0.823. The third-order valence-corrected chi connectivity index (χ3v) is 3.43. The van der Waals surface area contributed by atoms with Crippen LogP contribution in [0.15, 0.2) is 18.5 Å². The molecule has 2 aromatic heterocycles. The Balaban J connectivity index is 2.23. The van der Waals surface area contributed by atoms with E-state index in [1.54, 1.807) is 6.20 Å². The zero-order chi connectivity index (χ0) is 10.1. The van der Waals surface area contributed by atoms with Crippen molar-refractivity contribution in [2.45, 2.75) is 20.4 Å². The maximum Gasteiger partial charge on any atom is 0.200 e. The first-order chi connectivity index (χ1) is 6.66. The van der Waals surface area contributed by atoms with Crippen molar-refractivity contribution in [1.82, 2.24) is 9.55 Å². The van der Waals surface area contributed by atoms with Crippen molar-refractivity contribution in [3.63, 3.8) is 0 Å². The van der Waals surface area contributed by atoms with Gasteiger partial charge in [0, 0.05) is 22.1 Å². The molecule has 2 heterocycles. The van der Waals surface area contributed by atoms with Gasteiger partial charge in [0.1, 0.15) is 0 Å². The fraction of sp³-hybridized carbons (Fsp3) is 0.300. The van der Waals surface area contributed by atoms with Gasteiger partial charge in [-0.2, -0.15) is 0 Å². The van der Waals surface area contributed by atoms with Gasteiger partial charge in [-0.25, -0.2) is 4.98 Å². The lowest BCUT2D eigenvalue weighted by Gasteiger charge is -2.00. The highest BCUT2D eigenvalue weighted by atomic mass is 32.1. The standard InChI is InChI=1S/C10H13N3S/c1-7-5-9(14-8(7)2)6-13-4-3-12-10(13)11/h3-5H,6H2,1-2H3,(H2,11,12). The third kappa shape index (κ3) is 1.65. The maximum absolute atomic E-state index is 5.69. The lowest BCUT2D eigenvalue weighted by atomic mass is 10.3. The highest BCUT2D eigenvalue weighted by Crippen LogP contribution is 2.21. The van der Waals surface area contributed by atoms with Crippen molar-refractivity contribution in [2.75, 3.05) is 5.73 Å². The molecular formula is C10H13N3S. The van der Waals surface area contributed by atoms with Crippen LogP contribution in [0.1, 0.15) is 15.3 Å². The van der Waals surface area contributed by atoms with Crippen LogP contribution in [0, 0.1) is 13.8 Å². The number of aromatic nitrogens is 2. The van der Waals surface area contributed by atoms with E-state index in [4.69, 9.17) is 5.73 Å². The average molecular weight is 207 g/mol. The Hall–Kier alpha value is -1.29. The molecule has 74 valence electrons. The minimum Gasteiger partial charge on any atom is -0.369 e. The van der Waals surface area contributed by atoms with Crippen molar-refractivity contribution >= 4 is 17.3 Å². The highest BCUT2D eigenvalue weighted by molar-refractivity contribution is 7.12. The van der Waals surface area contributed by atoms with Gasteiger partial charge < -0.3 is 10.3 Å². The molecule has 0 saturated heterocycles. The normalized spacial score (nSPS) is 10.7. The van der Waals surface area contributed by atoms with Gasteiger partial charge in [-0.1, -0.05) is 0 Å². The van der Waals surface area contributed by atoms with E-state index in [2.05, 4.69) is 24.9 Å². The van der Waals surface area contributed by atoms with Crippen LogP contribution in [0.3, 0.4) is 0 Å². The van der Waals surface area contributed by atoms with Gasteiger partial charge in [-0.3, -0.25) is 0 Å². The molecule has 0 aliphatic heterocycles. The molecule has 0 bridgehead atoms. The highest BCUT2D eigenvalue weighted by Gasteiger charge is 2.03. The van der Waals surface area contributed by atoms with Crippen molar-refractivity contribution in [2.24, 2.45) is 0 Å². The van der Waals surface area contributed by atoms with E-state index in [0.717, 1.165) is 6.54 Å². The second-order valence-corrected chi connectivity index (χ2v) is 4.71. The van der Waals surface area contributed by atoms with Crippen LogP contribution in [-0.4, -0.2) is 9.55 Å². The van der Waals surface area contributed by atoms with Crippen molar-refractivity contribution in [3.05, 3.63) is 33.8 Å². The second kappa shape index (κ2) is 3.46. The van der Waals surface area contributed by atoms with Crippen molar-refractivity contribution in [3.8, 4) is 0 Å². The third-order valence-electron chi connectivity index (χ3n) is 2.29. The summed E-state index contributed by atoms with van der Waals surface area (Å²) in [6.07, 6.45) is 3.63. The van der Waals surface area contributed by atoms with E-state index >= 15 is 0 Å². The fourth-order valence-electron chi connectivity index (χ4n) is 1.37. The molecule has 0 spiro atoms. The lowest BCUT2D eigenvalue weighted by Crippen LogP contribution is -2.02. The molecule has 0 aliphatic carbocycles. The summed E-state index contributed by atoms with van der Waals surface area (Å²) in [5.74, 6) is 0.578. The SMILES string of the molecule is Cc1cc(Cn2ccnc2N)sc1C. The zero-order valence-electron chi connectivity index (χ0n) is 8.32. The quantitative estimate of drug-likeness (QED) is 0.820. The summed E-state index contributed by atoms with van der Waals surface area (Å²) in [6.45, 7) is 5.10. The number of anilines is 1. The van der Waals surface area contributed by atoms with Crippen LogP contribution in [0.4, 0.5) is 5.95 Å². The summed E-state index contributed by atoms with van der Waals surface area (Å²) in [7, 11) is 0. The Labute approximate surface area is 87.2 Å². The van der Waals surface area contributed by atoms with E-state index in [9.17, 15) is 0 Å². The van der Waals surface area contributed by atoms with Gasteiger partial charge in [0.05, 0.1) is 6.54 Å². The Kier molecular flexibility index (Phi) is 2.29. The number of rotatable bonds is 2. The molecule has 0 amide bonds. The van der Waals surface area contributed by atoms with Crippen LogP contribution >= 0.6 is 11.3 Å². The van der Waals surface area contributed by atoms with Crippen LogP contribution < -0.4 is 5.73 Å². The first kappa shape index (κ1) is 9.27. The average Bonchev–Trinajstić information content (AvgIpc) is 2.63. The molecule has 4 heteroatoms. The van der Waals surface area contributed by atoms with Gasteiger partial charge in [0.15, 0.2) is 5.95 Å². The zero-order valence-corrected chi connectivity index (χ0v) is 9.14. The Morgan fingerprint density at radius 2 is 2.29 bits per heavy atom. The Morgan fingerprint density at radius 3 is 2.79 bits per heavy atom. The summed E-state index contributed by atoms with van der Waals surface area (Å²) in [6, 6.07) is 2.21. The summed E-state index contributed by atoms with van der Waals surface area (Å²) >= 11 is 1.82. The molecule has 0 saturated carbocycles. The van der Waals surface area contributed by atoms with Crippen LogP contribution in [0.25, 0.3) is 0 Å². The van der Waals surface area contributed by atoms with E-state index in [-0.39, 0.29) is 0 Å². The summed E-state index contributed by atoms with van der Waals surface area (Å²) in [5.41, 5.74) is 7.04. The number of hydrogen-bond acceptors (Lipinski definition) is 3. The van der Waals surface area contributed by atoms with Gasteiger partial charge in [-0.15, -0.1) is 11.3 Å². The summed E-state index contributed by atoms with van der Waals surface area (Å²) < 4.78 is 1.95. The first-order valence-electron chi connectivity index (χ1n) is 4.49. The first-order valence-corrected chi connectivity index (χ1v) is 5.31. The molecular weight excluding hydrogens is 194 g/mol. The topological polar surface area (TPSA) is 43.8 Å². The molecule has 2 aromatic rings. The molecule has 2 rings (SSSR count). The van der Waals surface area contributed by atoms with E-state index in [0.29, 0.717) is 5.95 Å². The van der Waals surface area contributed by atoms with Crippen molar-refractivity contribution in [1.29, 1.82) is 0 Å². The molecule has 2 N–H and O–H groups in total. The second-order valence-electron chi connectivity index (χ2n) is 3.37. The largest absolute Gasteiger partial charge is 0.369 e. The molecule has 0 fully saturated rings. The molecule has 0 radical (unpaired) electrons. The molecule has 0 unspecified atom stereocenters. The number of nitrogen functional groups attached to an aromatic ring is 1.